The molecule has 2 aromatic heterocycles. The highest BCUT2D eigenvalue weighted by Gasteiger charge is 2.21. The van der Waals surface area contributed by atoms with Crippen LogP contribution in [-0.2, 0) is 6.42 Å². The Bertz CT molecular complexity index is 1230. The van der Waals surface area contributed by atoms with Crippen LogP contribution in [0.4, 0.5) is 10.5 Å². The van der Waals surface area contributed by atoms with E-state index in [1.807, 2.05) is 18.7 Å². The van der Waals surface area contributed by atoms with Gasteiger partial charge in [0.1, 0.15) is 11.6 Å². The Labute approximate surface area is 198 Å². The van der Waals surface area contributed by atoms with Crippen LogP contribution in [0.15, 0.2) is 23.0 Å². The first-order valence-corrected chi connectivity index (χ1v) is 12.0. The van der Waals surface area contributed by atoms with E-state index in [9.17, 15) is 9.59 Å². The molecular formula is C24H33N7O3. The van der Waals surface area contributed by atoms with Gasteiger partial charge in [-0.2, -0.15) is 0 Å². The number of aryl methyl sites for hydroxylation is 2. The molecule has 1 fully saturated rings. The van der Waals surface area contributed by atoms with Gasteiger partial charge < -0.3 is 24.8 Å². The van der Waals surface area contributed by atoms with Crippen molar-refractivity contribution in [2.45, 2.75) is 40.5 Å². The fraction of sp³-hybridized carbons (Fsp3) is 0.500. The molecule has 1 aliphatic heterocycles. The maximum absolute atomic E-state index is 12.9. The maximum Gasteiger partial charge on any atom is 0.321 e. The lowest BCUT2D eigenvalue weighted by molar-refractivity contribution is 0.151. The minimum Gasteiger partial charge on any atom is -0.493 e. The number of likely N-dealkylation sites (N-methyl/N-ethyl adjacent to an activating group) is 1. The summed E-state index contributed by atoms with van der Waals surface area (Å²) in [6, 6.07) is 5.24. The van der Waals surface area contributed by atoms with Gasteiger partial charge in [-0.1, -0.05) is 13.8 Å². The molecule has 34 heavy (non-hydrogen) atoms. The van der Waals surface area contributed by atoms with Crippen molar-refractivity contribution in [2.24, 2.45) is 0 Å². The van der Waals surface area contributed by atoms with Crippen LogP contribution in [0.3, 0.4) is 0 Å². The lowest BCUT2D eigenvalue weighted by Gasteiger charge is -2.34. The normalized spacial score (nSPS) is 14.5. The van der Waals surface area contributed by atoms with E-state index < -0.39 is 0 Å². The minimum absolute atomic E-state index is 0.141. The summed E-state index contributed by atoms with van der Waals surface area (Å²) in [4.78, 5) is 37.3. The molecule has 1 aromatic carbocycles. The van der Waals surface area contributed by atoms with Gasteiger partial charge in [0, 0.05) is 38.3 Å². The van der Waals surface area contributed by atoms with Gasteiger partial charge in [0.2, 0.25) is 0 Å². The van der Waals surface area contributed by atoms with E-state index >= 15 is 0 Å². The van der Waals surface area contributed by atoms with E-state index in [-0.39, 0.29) is 11.6 Å². The number of urea groups is 1. The van der Waals surface area contributed by atoms with E-state index in [1.54, 1.807) is 22.7 Å². The zero-order chi connectivity index (χ0) is 24.2. The molecule has 1 aliphatic rings. The van der Waals surface area contributed by atoms with Gasteiger partial charge >= 0.3 is 6.03 Å². The van der Waals surface area contributed by atoms with Crippen molar-refractivity contribution < 1.29 is 9.53 Å². The number of carbonyl (C=O) groups excluding carboxylic acids is 1. The van der Waals surface area contributed by atoms with Crippen LogP contribution in [0, 0.1) is 6.92 Å². The number of piperazine rings is 1. The zero-order valence-electron chi connectivity index (χ0n) is 20.3. The van der Waals surface area contributed by atoms with Gasteiger partial charge in [-0.15, -0.1) is 5.10 Å². The molecule has 2 N–H and O–H groups in total. The first-order valence-electron chi connectivity index (χ1n) is 12.0. The lowest BCUT2D eigenvalue weighted by Crippen LogP contribution is -2.49. The van der Waals surface area contributed by atoms with Gasteiger partial charge in [0.25, 0.3) is 5.56 Å². The van der Waals surface area contributed by atoms with Crippen molar-refractivity contribution in [3.63, 3.8) is 0 Å². The third-order valence-electron chi connectivity index (χ3n) is 6.11. The van der Waals surface area contributed by atoms with Crippen LogP contribution in [0.2, 0.25) is 0 Å². The number of carbonyl (C=O) groups is 1. The van der Waals surface area contributed by atoms with Crippen molar-refractivity contribution in [1.82, 2.24) is 29.4 Å². The number of nitrogens with one attached hydrogen (secondary N) is 2. The third-order valence-corrected chi connectivity index (χ3v) is 6.11. The summed E-state index contributed by atoms with van der Waals surface area (Å²) in [6.45, 7) is 12.5. The van der Waals surface area contributed by atoms with Gasteiger partial charge in [-0.05, 0) is 45.0 Å². The van der Waals surface area contributed by atoms with E-state index in [0.29, 0.717) is 60.2 Å². The Kier molecular flexibility index (Phi) is 7.16. The topological polar surface area (TPSA) is 108 Å². The Hall–Kier alpha value is -3.40. The van der Waals surface area contributed by atoms with Crippen LogP contribution < -0.4 is 15.6 Å². The lowest BCUT2D eigenvalue weighted by atomic mass is 10.1. The van der Waals surface area contributed by atoms with Crippen LogP contribution in [-0.4, -0.2) is 74.7 Å². The predicted octanol–water partition coefficient (Wildman–Crippen LogP) is 2.91. The number of aromatic nitrogens is 4. The van der Waals surface area contributed by atoms with Crippen LogP contribution >= 0.6 is 0 Å². The average Bonchev–Trinajstić information content (AvgIpc) is 3.16. The Morgan fingerprint density at radius 1 is 1.18 bits per heavy atom. The fourth-order valence-electron chi connectivity index (χ4n) is 4.29. The molecule has 1 saturated heterocycles. The zero-order valence-corrected chi connectivity index (χ0v) is 20.3. The number of benzene rings is 1. The quantitative estimate of drug-likeness (QED) is 0.553. The molecule has 0 saturated carbocycles. The molecule has 0 aliphatic carbocycles. The number of nitrogens with zero attached hydrogens (tertiary/aromatic N) is 5. The molecule has 2 amide bonds. The van der Waals surface area contributed by atoms with E-state index in [0.717, 1.165) is 31.9 Å². The molecular weight excluding hydrogens is 434 g/mol. The number of amides is 2. The predicted molar refractivity (Wildman–Crippen MR) is 132 cm³/mol. The number of rotatable bonds is 7. The third kappa shape index (κ3) is 4.77. The molecule has 0 unspecified atom stereocenters. The monoisotopic (exact) mass is 467 g/mol. The molecule has 0 spiro atoms. The maximum atomic E-state index is 12.9. The number of hydrogen-bond donors (Lipinski definition) is 2. The standard InChI is InChI=1S/C24H33N7O3/c1-5-8-20-25-16(4)21-23(32)27-22(28-31(20)21)18-15-17(9-10-19(18)34-7-3)26-24(33)30-13-11-29(6-2)12-14-30/h9-10,15H,5-8,11-14H2,1-4H3,(H,26,33)(H,27,28,32). The van der Waals surface area contributed by atoms with Crippen molar-refractivity contribution in [3.8, 4) is 17.1 Å². The van der Waals surface area contributed by atoms with Gasteiger partial charge in [-0.25, -0.2) is 14.3 Å². The molecule has 3 aromatic rings. The summed E-state index contributed by atoms with van der Waals surface area (Å²) in [5.74, 6) is 1.69. The minimum atomic E-state index is -0.261. The summed E-state index contributed by atoms with van der Waals surface area (Å²) in [5.41, 5.74) is 2.05. The average molecular weight is 468 g/mol. The first kappa shape index (κ1) is 23.7. The molecule has 0 atom stereocenters. The number of ether oxygens (including phenoxy) is 1. The second kappa shape index (κ2) is 10.3. The number of imidazole rings is 1. The summed E-state index contributed by atoms with van der Waals surface area (Å²) >= 11 is 0. The second-order valence-corrected chi connectivity index (χ2v) is 8.42. The number of anilines is 1. The molecule has 0 radical (unpaired) electrons. The number of fused-ring (bicyclic) bond motifs is 1. The first-order chi connectivity index (χ1) is 16.4. The van der Waals surface area contributed by atoms with Crippen LogP contribution in [0.25, 0.3) is 16.9 Å². The number of hydrogen-bond acceptors (Lipinski definition) is 6. The smallest absolute Gasteiger partial charge is 0.321 e. The largest absolute Gasteiger partial charge is 0.493 e. The number of H-pyrrole nitrogens is 1. The van der Waals surface area contributed by atoms with Crippen LogP contribution in [0.1, 0.15) is 38.7 Å². The van der Waals surface area contributed by atoms with Gasteiger partial charge in [0.15, 0.2) is 11.3 Å². The van der Waals surface area contributed by atoms with Crippen LogP contribution in [0.5, 0.6) is 5.75 Å². The highest BCUT2D eigenvalue weighted by Crippen LogP contribution is 2.31. The van der Waals surface area contributed by atoms with E-state index in [4.69, 9.17) is 9.84 Å². The van der Waals surface area contributed by atoms with Crippen molar-refractivity contribution in [3.05, 3.63) is 40.1 Å². The molecule has 10 heteroatoms. The Morgan fingerprint density at radius 2 is 1.94 bits per heavy atom. The SMILES string of the molecule is CCCc1nc(C)c2c(=O)[nH]c(-c3cc(NC(=O)N4CCN(CC)CC4)ccc3OCC)nn12. The summed E-state index contributed by atoms with van der Waals surface area (Å²) in [6.07, 6.45) is 1.60. The molecule has 4 rings (SSSR count). The van der Waals surface area contributed by atoms with Crippen molar-refractivity contribution in [1.29, 1.82) is 0 Å². The summed E-state index contributed by atoms with van der Waals surface area (Å²) < 4.78 is 7.44. The van der Waals surface area contributed by atoms with Crippen molar-refractivity contribution >= 4 is 17.2 Å². The highest BCUT2D eigenvalue weighted by atomic mass is 16.5. The van der Waals surface area contributed by atoms with Gasteiger partial charge in [0.05, 0.1) is 17.9 Å². The summed E-state index contributed by atoms with van der Waals surface area (Å²) in [7, 11) is 0. The molecule has 3 heterocycles. The number of aromatic amines is 1. The second-order valence-electron chi connectivity index (χ2n) is 8.42. The molecule has 10 nitrogen and oxygen atoms in total. The summed E-state index contributed by atoms with van der Waals surface area (Å²) in [5, 5.41) is 7.69. The van der Waals surface area contributed by atoms with Crippen molar-refractivity contribution in [2.75, 3.05) is 44.6 Å². The van der Waals surface area contributed by atoms with E-state index in [1.165, 1.54) is 0 Å². The Balaban J connectivity index is 1.68. The fourth-order valence-corrected chi connectivity index (χ4v) is 4.29. The Morgan fingerprint density at radius 3 is 2.62 bits per heavy atom. The van der Waals surface area contributed by atoms with Gasteiger partial charge in [-0.3, -0.25) is 4.79 Å². The molecule has 0 bridgehead atoms. The molecule has 182 valence electrons. The van der Waals surface area contributed by atoms with E-state index in [2.05, 4.69) is 34.0 Å². The highest BCUT2D eigenvalue weighted by molar-refractivity contribution is 5.90.